The van der Waals surface area contributed by atoms with Gasteiger partial charge >= 0.3 is 11.9 Å². The van der Waals surface area contributed by atoms with Crippen molar-refractivity contribution >= 4 is 11.9 Å². The molecule has 4 aliphatic rings. The number of esters is 2. The molecule has 31 heavy (non-hydrogen) atoms. The minimum absolute atomic E-state index is 0.117. The first-order valence-corrected chi connectivity index (χ1v) is 11.4. The maximum absolute atomic E-state index is 13.0. The number of likely N-dealkylation sites (N-methyl/N-ethyl adjacent to an activating group) is 1. The first-order valence-electron chi connectivity index (χ1n) is 11.4. The quantitative estimate of drug-likeness (QED) is 0.709. The average Bonchev–Trinajstić information content (AvgIpc) is 3.54. The second-order valence-corrected chi connectivity index (χ2v) is 9.61. The van der Waals surface area contributed by atoms with Crippen LogP contribution in [0.1, 0.15) is 40.0 Å². The Bertz CT molecular complexity index is 913. The van der Waals surface area contributed by atoms with E-state index < -0.39 is 12.2 Å². The molecular weight excluding hydrogens is 390 g/mol. The van der Waals surface area contributed by atoms with Crippen molar-refractivity contribution in [3.05, 3.63) is 71.8 Å². The number of rotatable bonds is 4. The second-order valence-electron chi connectivity index (χ2n) is 9.61. The van der Waals surface area contributed by atoms with Crippen LogP contribution in [-0.4, -0.2) is 48.2 Å². The van der Waals surface area contributed by atoms with E-state index in [2.05, 4.69) is 11.9 Å². The van der Waals surface area contributed by atoms with E-state index in [1.165, 1.54) is 19.3 Å². The van der Waals surface area contributed by atoms with E-state index in [-0.39, 0.29) is 24.0 Å². The monoisotopic (exact) mass is 417 g/mol. The topological polar surface area (TPSA) is 55.8 Å². The third-order valence-electron chi connectivity index (χ3n) is 8.28. The molecule has 2 saturated heterocycles. The van der Waals surface area contributed by atoms with Gasteiger partial charge in [-0.25, -0.2) is 9.59 Å². The Hall–Kier alpha value is -2.66. The highest BCUT2D eigenvalue weighted by Crippen LogP contribution is 2.64. The van der Waals surface area contributed by atoms with Crippen LogP contribution >= 0.6 is 0 Å². The Labute approximate surface area is 182 Å². The molecule has 2 heterocycles. The van der Waals surface area contributed by atoms with Gasteiger partial charge in [0.1, 0.15) is 0 Å². The van der Waals surface area contributed by atoms with Gasteiger partial charge in [0.2, 0.25) is 0 Å². The zero-order valence-electron chi connectivity index (χ0n) is 17.6. The fourth-order valence-corrected chi connectivity index (χ4v) is 7.23. The largest absolute Gasteiger partial charge is 0.453 e. The van der Waals surface area contributed by atoms with E-state index in [1.807, 2.05) is 36.4 Å². The second kappa shape index (κ2) is 7.20. The number of ether oxygens (including phenoxy) is 2. The Kier molecular flexibility index (Phi) is 4.42. The summed E-state index contributed by atoms with van der Waals surface area (Å²) in [6.07, 6.45) is 2.95. The number of benzene rings is 2. The number of carbonyl (C=O) groups excluding carboxylic acids is 2. The van der Waals surface area contributed by atoms with Crippen LogP contribution in [0.5, 0.6) is 0 Å². The highest BCUT2D eigenvalue weighted by Gasteiger charge is 2.70. The lowest BCUT2D eigenvalue weighted by Crippen LogP contribution is -2.52. The molecule has 4 bridgehead atoms. The Balaban J connectivity index is 1.32. The lowest BCUT2D eigenvalue weighted by Gasteiger charge is -2.40. The summed E-state index contributed by atoms with van der Waals surface area (Å²) in [5.74, 6) is 1.80. The maximum atomic E-state index is 13.0. The van der Waals surface area contributed by atoms with E-state index in [0.717, 1.165) is 0 Å². The van der Waals surface area contributed by atoms with E-state index in [4.69, 9.17) is 9.47 Å². The SMILES string of the molecule is CN1C2C(OC(=O)c3ccccc3)C(OC(=O)c3ccccc3)C1C1C3CCC(C3)C12. The van der Waals surface area contributed by atoms with Crippen LogP contribution in [0, 0.1) is 23.7 Å². The van der Waals surface area contributed by atoms with Crippen molar-refractivity contribution in [3.63, 3.8) is 0 Å². The highest BCUT2D eigenvalue weighted by atomic mass is 16.6. The minimum atomic E-state index is -0.434. The molecule has 5 heteroatoms. The summed E-state index contributed by atoms with van der Waals surface area (Å²) < 4.78 is 12.2. The van der Waals surface area contributed by atoms with Crippen LogP contribution in [-0.2, 0) is 9.47 Å². The smallest absolute Gasteiger partial charge is 0.338 e. The molecule has 8 atom stereocenters. The molecule has 0 aromatic heterocycles. The molecular formula is C26H27NO4. The van der Waals surface area contributed by atoms with Crippen LogP contribution < -0.4 is 0 Å². The Morgan fingerprint density at radius 2 is 1.16 bits per heavy atom. The standard InChI is InChI=1S/C26H27NO4/c1-27-21-19-17-12-13-18(14-17)20(19)22(27)24(31-26(29)16-10-6-3-7-11-16)23(21)30-25(28)15-8-4-2-5-9-15/h2-11,17-24H,12-14H2,1H3. The fourth-order valence-electron chi connectivity index (χ4n) is 7.23. The van der Waals surface area contributed by atoms with E-state index in [9.17, 15) is 9.59 Å². The molecule has 160 valence electrons. The van der Waals surface area contributed by atoms with Gasteiger partial charge in [0, 0.05) is 0 Å². The van der Waals surface area contributed by atoms with Crippen LogP contribution in [0.2, 0.25) is 0 Å². The number of carbonyl (C=O) groups is 2. The fraction of sp³-hybridized carbons (Fsp3) is 0.462. The molecule has 0 amide bonds. The van der Waals surface area contributed by atoms with E-state index in [0.29, 0.717) is 34.8 Å². The van der Waals surface area contributed by atoms with Crippen molar-refractivity contribution in [1.82, 2.24) is 4.90 Å². The van der Waals surface area contributed by atoms with Crippen molar-refractivity contribution in [2.45, 2.75) is 43.6 Å². The van der Waals surface area contributed by atoms with Gasteiger partial charge in [-0.2, -0.15) is 0 Å². The van der Waals surface area contributed by atoms with Gasteiger partial charge in [0.15, 0.2) is 12.2 Å². The molecule has 5 nitrogen and oxygen atoms in total. The summed E-state index contributed by atoms with van der Waals surface area (Å²) in [7, 11) is 2.12. The number of fused-ring (bicyclic) bond motifs is 9. The molecule has 2 aliphatic carbocycles. The molecule has 2 aromatic rings. The molecule has 0 radical (unpaired) electrons. The summed E-state index contributed by atoms with van der Waals surface area (Å²) >= 11 is 0. The van der Waals surface area contributed by atoms with Gasteiger partial charge in [-0.05, 0) is 74.2 Å². The molecule has 6 rings (SSSR count). The zero-order valence-corrected chi connectivity index (χ0v) is 17.6. The molecule has 2 aliphatic heterocycles. The van der Waals surface area contributed by atoms with Crippen molar-refractivity contribution in [2.24, 2.45) is 23.7 Å². The predicted molar refractivity (Wildman–Crippen MR) is 114 cm³/mol. The molecule has 0 N–H and O–H groups in total. The van der Waals surface area contributed by atoms with Gasteiger partial charge in [0.25, 0.3) is 0 Å². The normalized spacial score (nSPS) is 37.6. The van der Waals surface area contributed by atoms with Gasteiger partial charge in [0.05, 0.1) is 23.2 Å². The Morgan fingerprint density at radius 3 is 1.58 bits per heavy atom. The maximum Gasteiger partial charge on any atom is 0.338 e. The average molecular weight is 418 g/mol. The molecule has 2 saturated carbocycles. The van der Waals surface area contributed by atoms with Crippen molar-refractivity contribution < 1.29 is 19.1 Å². The summed E-state index contributed by atoms with van der Waals surface area (Å²) in [6.45, 7) is 0. The van der Waals surface area contributed by atoms with Crippen LogP contribution in [0.25, 0.3) is 0 Å². The van der Waals surface area contributed by atoms with Gasteiger partial charge in [-0.1, -0.05) is 36.4 Å². The molecule has 2 aromatic carbocycles. The van der Waals surface area contributed by atoms with Gasteiger partial charge in [-0.15, -0.1) is 0 Å². The lowest BCUT2D eigenvalue weighted by atomic mass is 9.69. The van der Waals surface area contributed by atoms with Crippen molar-refractivity contribution in [2.75, 3.05) is 7.05 Å². The third kappa shape index (κ3) is 2.86. The number of hydrogen-bond acceptors (Lipinski definition) is 5. The Morgan fingerprint density at radius 1 is 0.742 bits per heavy atom. The predicted octanol–water partition coefficient (Wildman–Crippen LogP) is 3.80. The zero-order chi connectivity index (χ0) is 21.1. The molecule has 8 unspecified atom stereocenters. The van der Waals surface area contributed by atoms with Crippen molar-refractivity contribution in [3.8, 4) is 0 Å². The van der Waals surface area contributed by atoms with Crippen molar-refractivity contribution in [1.29, 1.82) is 0 Å². The summed E-state index contributed by atoms with van der Waals surface area (Å²) in [5.41, 5.74) is 1.07. The molecule has 4 fully saturated rings. The van der Waals surface area contributed by atoms with E-state index >= 15 is 0 Å². The number of nitrogens with zero attached hydrogens (tertiary/aromatic N) is 1. The summed E-state index contributed by atoms with van der Waals surface area (Å²) in [4.78, 5) is 28.3. The first-order chi connectivity index (χ1) is 15.1. The first kappa shape index (κ1) is 19.1. The summed E-state index contributed by atoms with van der Waals surface area (Å²) in [5, 5.41) is 0. The van der Waals surface area contributed by atoms with Crippen LogP contribution in [0.4, 0.5) is 0 Å². The molecule has 0 spiro atoms. The van der Waals surface area contributed by atoms with Crippen LogP contribution in [0.15, 0.2) is 60.7 Å². The lowest BCUT2D eigenvalue weighted by molar-refractivity contribution is -0.0635. The van der Waals surface area contributed by atoms with Crippen LogP contribution in [0.3, 0.4) is 0 Å². The van der Waals surface area contributed by atoms with Gasteiger partial charge < -0.3 is 9.47 Å². The third-order valence-corrected chi connectivity index (χ3v) is 8.28. The minimum Gasteiger partial charge on any atom is -0.453 e. The number of hydrogen-bond donors (Lipinski definition) is 0. The van der Waals surface area contributed by atoms with Gasteiger partial charge in [-0.3, -0.25) is 4.90 Å². The van der Waals surface area contributed by atoms with E-state index in [1.54, 1.807) is 24.3 Å². The summed E-state index contributed by atoms with van der Waals surface area (Å²) in [6, 6.07) is 18.4. The highest BCUT2D eigenvalue weighted by molar-refractivity contribution is 5.90.